The van der Waals surface area contributed by atoms with Crippen LogP contribution in [0, 0.1) is 13.8 Å². The summed E-state index contributed by atoms with van der Waals surface area (Å²) in [7, 11) is 0. The van der Waals surface area contributed by atoms with E-state index in [2.05, 4.69) is 13.8 Å². The van der Waals surface area contributed by atoms with Gasteiger partial charge in [-0.1, -0.05) is 0 Å². The fraction of sp³-hybridized carbons (Fsp3) is 0.455. The summed E-state index contributed by atoms with van der Waals surface area (Å²) in [6, 6.07) is 1.91. The van der Waals surface area contributed by atoms with Crippen molar-refractivity contribution in [1.82, 2.24) is 0 Å². The van der Waals surface area contributed by atoms with E-state index in [0.29, 0.717) is 20.7 Å². The molecule has 1 unspecified atom stereocenters. The molecule has 0 saturated heterocycles. The molecule has 1 nitrogen and oxygen atoms in total. The molecule has 0 amide bonds. The topological polar surface area (TPSA) is 20.2 Å². The summed E-state index contributed by atoms with van der Waals surface area (Å²) >= 11 is 0.623. The predicted octanol–water partition coefficient (Wildman–Crippen LogP) is 1.70. The van der Waals surface area contributed by atoms with Gasteiger partial charge in [-0.05, 0) is 0 Å². The van der Waals surface area contributed by atoms with Gasteiger partial charge in [0.2, 0.25) is 0 Å². The number of aromatic hydroxyl groups is 1. The minimum atomic E-state index is 0.473. The van der Waals surface area contributed by atoms with Crippen molar-refractivity contribution in [2.24, 2.45) is 0 Å². The van der Waals surface area contributed by atoms with Gasteiger partial charge in [0.1, 0.15) is 0 Å². The Bertz CT molecular complexity index is 358. The Labute approximate surface area is 85.3 Å². The number of phenolic OH excluding ortho intramolecular Hbond substituents is 1. The van der Waals surface area contributed by atoms with Gasteiger partial charge in [-0.3, -0.25) is 0 Å². The van der Waals surface area contributed by atoms with Gasteiger partial charge in [0.25, 0.3) is 0 Å². The molecule has 1 atom stereocenters. The summed E-state index contributed by atoms with van der Waals surface area (Å²) in [6.45, 7) is 6.44. The first kappa shape index (κ1) is 9.11. The van der Waals surface area contributed by atoms with E-state index in [1.807, 2.05) is 13.0 Å². The first-order valence-electron chi connectivity index (χ1n) is 4.58. The predicted molar refractivity (Wildman–Crippen MR) is 56.1 cm³/mol. The van der Waals surface area contributed by atoms with Gasteiger partial charge in [0.05, 0.1) is 0 Å². The molecule has 13 heavy (non-hydrogen) atoms. The molecule has 1 N–H and O–H groups in total. The first-order chi connectivity index (χ1) is 6.09. The molecule has 0 aromatic heterocycles. The number of hydrogen-bond acceptors (Lipinski definition) is 1. The summed E-state index contributed by atoms with van der Waals surface area (Å²) < 4.78 is 1.54. The zero-order valence-electron chi connectivity index (χ0n) is 8.22. The molecule has 1 aliphatic rings. The van der Waals surface area contributed by atoms with E-state index >= 15 is 0 Å². The van der Waals surface area contributed by atoms with Crippen LogP contribution in [0.25, 0.3) is 0 Å². The molecule has 1 heterocycles. The van der Waals surface area contributed by atoms with Crippen LogP contribution in [-0.4, -0.2) is 20.1 Å². The molecule has 0 spiro atoms. The van der Waals surface area contributed by atoms with Gasteiger partial charge in [-0.2, -0.15) is 0 Å². The molecule has 70 valence electrons. The Hall–Kier alpha value is -0.461. The van der Waals surface area contributed by atoms with Crippen molar-refractivity contribution in [3.05, 3.63) is 22.8 Å². The van der Waals surface area contributed by atoms with Crippen molar-refractivity contribution in [2.45, 2.75) is 32.0 Å². The number of fused-ring (bicyclic) bond motifs is 1. The first-order valence-corrected chi connectivity index (χ1v) is 6.43. The van der Waals surface area contributed by atoms with Gasteiger partial charge >= 0.3 is 85.0 Å². The summed E-state index contributed by atoms with van der Waals surface area (Å²) in [4.78, 5) is 0.807. The third kappa shape index (κ3) is 1.38. The average molecular weight is 241 g/mol. The van der Waals surface area contributed by atoms with Crippen LogP contribution in [-0.2, 0) is 6.42 Å². The zero-order valence-corrected chi connectivity index (χ0v) is 9.93. The Morgan fingerprint density at radius 2 is 2.15 bits per heavy atom. The van der Waals surface area contributed by atoms with Crippen molar-refractivity contribution in [3.63, 3.8) is 0 Å². The van der Waals surface area contributed by atoms with Crippen LogP contribution in [0.15, 0.2) is 6.07 Å². The van der Waals surface area contributed by atoms with E-state index in [4.69, 9.17) is 0 Å². The molecular weight excluding hydrogens is 227 g/mol. The van der Waals surface area contributed by atoms with Crippen molar-refractivity contribution in [1.29, 1.82) is 0 Å². The average Bonchev–Trinajstić information content (AvgIpc) is 2.44. The van der Waals surface area contributed by atoms with Gasteiger partial charge in [-0.25, -0.2) is 0 Å². The second kappa shape index (κ2) is 3.04. The molecule has 1 aliphatic heterocycles. The molecule has 1 aromatic carbocycles. The zero-order chi connectivity index (χ0) is 9.59. The Morgan fingerprint density at radius 3 is 2.85 bits per heavy atom. The maximum atomic E-state index is 9.66. The van der Waals surface area contributed by atoms with Crippen LogP contribution in [0.5, 0.6) is 5.75 Å². The fourth-order valence-corrected chi connectivity index (χ4v) is 4.56. The summed E-state index contributed by atoms with van der Waals surface area (Å²) in [5, 5.41) is 9.66. The third-order valence-electron chi connectivity index (χ3n) is 2.63. The Morgan fingerprint density at radius 1 is 1.46 bits per heavy atom. The fourth-order valence-electron chi connectivity index (χ4n) is 1.88. The number of phenols is 1. The summed E-state index contributed by atoms with van der Waals surface area (Å²) in [5.74, 6) is 0.473. The van der Waals surface area contributed by atoms with E-state index in [1.54, 1.807) is 0 Å². The summed E-state index contributed by atoms with van der Waals surface area (Å²) in [6.07, 6.45) is 1.16. The number of aryl methyl sites for hydroxylation is 1. The quantitative estimate of drug-likeness (QED) is 0.685. The molecule has 1 aromatic rings. The SMILES string of the molecule is Cc1cc(O)c(C)c2c1[Se]C(C)C2. The van der Waals surface area contributed by atoms with E-state index in [0.717, 1.165) is 16.8 Å². The van der Waals surface area contributed by atoms with E-state index in [-0.39, 0.29) is 0 Å². The molecule has 0 fully saturated rings. The monoisotopic (exact) mass is 242 g/mol. The van der Waals surface area contributed by atoms with Crippen LogP contribution in [0.1, 0.15) is 23.6 Å². The van der Waals surface area contributed by atoms with Crippen molar-refractivity contribution >= 4 is 19.4 Å². The van der Waals surface area contributed by atoms with Gasteiger partial charge in [-0.15, -0.1) is 0 Å². The number of benzene rings is 1. The minimum absolute atomic E-state index is 0.473. The van der Waals surface area contributed by atoms with Gasteiger partial charge in [0, 0.05) is 0 Å². The van der Waals surface area contributed by atoms with Crippen LogP contribution in [0.4, 0.5) is 0 Å². The van der Waals surface area contributed by atoms with E-state index in [9.17, 15) is 5.11 Å². The third-order valence-corrected chi connectivity index (χ3v) is 5.51. The molecule has 2 heteroatoms. The van der Waals surface area contributed by atoms with Crippen molar-refractivity contribution in [3.8, 4) is 5.75 Å². The van der Waals surface area contributed by atoms with Crippen LogP contribution >= 0.6 is 0 Å². The Kier molecular flexibility index (Phi) is 2.13. The van der Waals surface area contributed by atoms with Crippen LogP contribution in [0.2, 0.25) is 4.82 Å². The molecule has 0 aliphatic carbocycles. The van der Waals surface area contributed by atoms with Crippen molar-refractivity contribution in [2.75, 3.05) is 0 Å². The molecular formula is C11H14OSe. The number of hydrogen-bond donors (Lipinski definition) is 1. The second-order valence-electron chi connectivity index (χ2n) is 3.78. The Balaban J connectivity index is 2.62. The molecule has 2 rings (SSSR count). The summed E-state index contributed by atoms with van der Waals surface area (Å²) in [5.41, 5.74) is 3.80. The maximum absolute atomic E-state index is 9.66. The van der Waals surface area contributed by atoms with Gasteiger partial charge in [0.15, 0.2) is 0 Å². The van der Waals surface area contributed by atoms with Crippen molar-refractivity contribution < 1.29 is 5.11 Å². The normalized spacial score (nSPS) is 20.4. The van der Waals surface area contributed by atoms with Gasteiger partial charge < -0.3 is 0 Å². The number of rotatable bonds is 0. The molecule has 0 radical (unpaired) electrons. The molecule has 0 bridgehead atoms. The van der Waals surface area contributed by atoms with Crippen LogP contribution < -0.4 is 4.46 Å². The second-order valence-corrected chi connectivity index (χ2v) is 6.82. The molecule has 0 saturated carbocycles. The van der Waals surface area contributed by atoms with E-state index < -0.39 is 0 Å². The van der Waals surface area contributed by atoms with E-state index in [1.165, 1.54) is 15.6 Å². The van der Waals surface area contributed by atoms with Crippen LogP contribution in [0.3, 0.4) is 0 Å². The standard InChI is InChI=1S/C11H14OSe/c1-6-4-10(12)8(3)9-5-7(2)13-11(6)9/h4,7,12H,5H2,1-3H3.